The molecular weight excluding hydrogens is 428 g/mol. The van der Waals surface area contributed by atoms with E-state index in [1.807, 2.05) is 5.32 Å². The van der Waals surface area contributed by atoms with E-state index in [0.29, 0.717) is 0 Å². The monoisotopic (exact) mass is 460 g/mol. The minimum Gasteiger partial charge on any atom is -0.480 e. The Balaban J connectivity index is 5.51. The molecule has 0 aromatic heterocycles. The molecule has 0 saturated heterocycles. The highest BCUT2D eigenvalue weighted by Crippen LogP contribution is 2.05. The van der Waals surface area contributed by atoms with Gasteiger partial charge in [0.05, 0.1) is 18.6 Å². The number of aliphatic hydroxyl groups excluding tert-OH is 1. The van der Waals surface area contributed by atoms with E-state index in [9.17, 15) is 33.9 Å². The lowest BCUT2D eigenvalue weighted by atomic mass is 10.0. The summed E-state index contributed by atoms with van der Waals surface area (Å²) in [6.07, 6.45) is -2.70. The average Bonchev–Trinajstić information content (AvgIpc) is 2.66. The van der Waals surface area contributed by atoms with Crippen LogP contribution in [0, 0.1) is 5.92 Å². The molecule has 0 aromatic rings. The van der Waals surface area contributed by atoms with E-state index in [-0.39, 0.29) is 18.8 Å². The van der Waals surface area contributed by atoms with Crippen LogP contribution in [0.1, 0.15) is 40.0 Å². The number of carbonyl (C=O) groups excluding carboxylic acids is 5. The van der Waals surface area contributed by atoms with Gasteiger partial charge in [0, 0.05) is 6.42 Å². The lowest BCUT2D eigenvalue weighted by Gasteiger charge is -2.26. The van der Waals surface area contributed by atoms with E-state index < -0.39 is 72.2 Å². The summed E-state index contributed by atoms with van der Waals surface area (Å²) in [6.45, 7) is 4.52. The predicted octanol–water partition coefficient (Wildman–Crippen LogP) is -3.97. The summed E-state index contributed by atoms with van der Waals surface area (Å²) in [5.74, 6) is -6.29. The Labute approximate surface area is 184 Å². The third-order valence-electron chi connectivity index (χ3n) is 4.42. The number of hydrogen-bond acceptors (Lipinski definition) is 8. The van der Waals surface area contributed by atoms with Crippen molar-refractivity contribution in [3.8, 4) is 0 Å². The number of aliphatic hydroxyl groups is 1. The highest BCUT2D eigenvalue weighted by molar-refractivity contribution is 5.95. The van der Waals surface area contributed by atoms with Crippen molar-refractivity contribution in [1.82, 2.24) is 16.0 Å². The fraction of sp³-hybridized carbons (Fsp3) is 0.667. The van der Waals surface area contributed by atoms with Gasteiger partial charge in [-0.3, -0.25) is 24.0 Å². The van der Waals surface area contributed by atoms with E-state index in [2.05, 4.69) is 10.6 Å². The molecule has 0 rings (SSSR count). The van der Waals surface area contributed by atoms with Crippen LogP contribution >= 0.6 is 0 Å². The Morgan fingerprint density at radius 3 is 1.75 bits per heavy atom. The molecule has 14 nitrogen and oxygen atoms in total. The molecule has 0 aliphatic rings. The van der Waals surface area contributed by atoms with Gasteiger partial charge in [-0.15, -0.1) is 0 Å². The van der Waals surface area contributed by atoms with Crippen molar-refractivity contribution < 1.29 is 39.0 Å². The standard InChI is InChI=1S/C18H32N6O8/c1-7(2)13(21)16(29)22-9(4-5-11(19)26)15(28)24-14(8(3)25)17(30)23-10(18(31)32)6-12(20)27/h7-10,13-14,25H,4-6,21H2,1-3H3,(H2,19,26)(H2,20,27)(H,22,29)(H,23,30)(H,24,28)(H,31,32). The fourth-order valence-electron chi connectivity index (χ4n) is 2.45. The lowest BCUT2D eigenvalue weighted by molar-refractivity contribution is -0.144. The number of nitrogens with one attached hydrogen (secondary N) is 3. The van der Waals surface area contributed by atoms with E-state index >= 15 is 0 Å². The first-order chi connectivity index (χ1) is 14.7. The van der Waals surface area contributed by atoms with E-state index in [1.54, 1.807) is 13.8 Å². The van der Waals surface area contributed by atoms with Crippen LogP contribution in [0.2, 0.25) is 0 Å². The van der Waals surface area contributed by atoms with Gasteiger partial charge in [-0.2, -0.15) is 0 Å². The molecule has 11 N–H and O–H groups in total. The maximum Gasteiger partial charge on any atom is 0.326 e. The van der Waals surface area contributed by atoms with Crippen molar-refractivity contribution in [3.63, 3.8) is 0 Å². The molecule has 0 aliphatic carbocycles. The molecule has 0 aromatic carbocycles. The van der Waals surface area contributed by atoms with Gasteiger partial charge in [0.15, 0.2) is 0 Å². The lowest BCUT2D eigenvalue weighted by Crippen LogP contribution is -2.60. The van der Waals surface area contributed by atoms with E-state index in [1.165, 1.54) is 0 Å². The summed E-state index contributed by atoms with van der Waals surface area (Å²) in [5, 5.41) is 25.6. The second-order valence-corrected chi connectivity index (χ2v) is 7.63. The number of hydrogen-bond donors (Lipinski definition) is 8. The highest BCUT2D eigenvalue weighted by atomic mass is 16.4. The molecule has 182 valence electrons. The third-order valence-corrected chi connectivity index (χ3v) is 4.42. The highest BCUT2D eigenvalue weighted by Gasteiger charge is 2.33. The van der Waals surface area contributed by atoms with Gasteiger partial charge in [0.2, 0.25) is 29.5 Å². The molecule has 5 unspecified atom stereocenters. The zero-order valence-electron chi connectivity index (χ0n) is 18.2. The SMILES string of the molecule is CC(C)C(N)C(=O)NC(CCC(N)=O)C(=O)NC(C(=O)NC(CC(N)=O)C(=O)O)C(C)O. The van der Waals surface area contributed by atoms with Crippen LogP contribution in [-0.2, 0) is 28.8 Å². The molecular formula is C18H32N6O8. The van der Waals surface area contributed by atoms with Gasteiger partial charge in [-0.25, -0.2) is 4.79 Å². The minimum absolute atomic E-state index is 0.217. The van der Waals surface area contributed by atoms with Gasteiger partial charge >= 0.3 is 5.97 Å². The number of aliphatic carboxylic acids is 1. The fourth-order valence-corrected chi connectivity index (χ4v) is 2.45. The number of nitrogens with two attached hydrogens (primary N) is 3. The van der Waals surface area contributed by atoms with Crippen LogP contribution in [-0.4, -0.2) is 76.0 Å². The summed E-state index contributed by atoms with van der Waals surface area (Å²) in [5.41, 5.74) is 15.8. The summed E-state index contributed by atoms with van der Waals surface area (Å²) in [6, 6.07) is -5.62. The number of carbonyl (C=O) groups is 6. The van der Waals surface area contributed by atoms with Crippen LogP contribution in [0.15, 0.2) is 0 Å². The summed E-state index contributed by atoms with van der Waals surface area (Å²) in [4.78, 5) is 70.7. The van der Waals surface area contributed by atoms with Crippen LogP contribution in [0.25, 0.3) is 0 Å². The molecule has 0 aliphatic heterocycles. The molecule has 0 bridgehead atoms. The van der Waals surface area contributed by atoms with Gasteiger partial charge in [0.25, 0.3) is 0 Å². The van der Waals surface area contributed by atoms with Crippen LogP contribution in [0.4, 0.5) is 0 Å². The summed E-state index contributed by atoms with van der Waals surface area (Å²) >= 11 is 0. The zero-order valence-corrected chi connectivity index (χ0v) is 18.2. The van der Waals surface area contributed by atoms with Crippen LogP contribution in [0.3, 0.4) is 0 Å². The van der Waals surface area contributed by atoms with Crippen LogP contribution < -0.4 is 33.2 Å². The predicted molar refractivity (Wildman–Crippen MR) is 110 cm³/mol. The van der Waals surface area contributed by atoms with Crippen molar-refractivity contribution in [2.24, 2.45) is 23.1 Å². The molecule has 0 saturated carbocycles. The number of primary amides is 2. The Kier molecular flexibility index (Phi) is 11.9. The average molecular weight is 460 g/mol. The summed E-state index contributed by atoms with van der Waals surface area (Å²) < 4.78 is 0. The molecule has 0 fully saturated rings. The molecule has 0 heterocycles. The third kappa shape index (κ3) is 10.2. The van der Waals surface area contributed by atoms with Crippen molar-refractivity contribution in [2.75, 3.05) is 0 Å². The van der Waals surface area contributed by atoms with Gasteiger partial charge in [-0.05, 0) is 19.3 Å². The molecule has 5 amide bonds. The zero-order chi connectivity index (χ0) is 25.2. The molecule has 32 heavy (non-hydrogen) atoms. The first kappa shape index (κ1) is 28.7. The van der Waals surface area contributed by atoms with Crippen molar-refractivity contribution in [1.29, 1.82) is 0 Å². The van der Waals surface area contributed by atoms with Gasteiger partial charge in [-0.1, -0.05) is 13.8 Å². The van der Waals surface area contributed by atoms with Crippen LogP contribution in [0.5, 0.6) is 0 Å². The maximum atomic E-state index is 12.7. The quantitative estimate of drug-likeness (QED) is 0.125. The van der Waals surface area contributed by atoms with E-state index in [4.69, 9.17) is 22.3 Å². The molecule has 0 radical (unpaired) electrons. The Morgan fingerprint density at radius 2 is 1.34 bits per heavy atom. The van der Waals surface area contributed by atoms with E-state index in [0.717, 1.165) is 6.92 Å². The Bertz CT molecular complexity index is 726. The second kappa shape index (κ2) is 13.2. The Morgan fingerprint density at radius 1 is 0.812 bits per heavy atom. The number of carboxylic acids is 1. The Hall–Kier alpha value is -3.26. The van der Waals surface area contributed by atoms with Crippen molar-refractivity contribution in [2.45, 2.75) is 70.3 Å². The first-order valence-electron chi connectivity index (χ1n) is 9.81. The molecule has 5 atom stereocenters. The largest absolute Gasteiger partial charge is 0.480 e. The normalized spacial score (nSPS) is 15.6. The molecule has 0 spiro atoms. The summed E-state index contributed by atoms with van der Waals surface area (Å²) in [7, 11) is 0. The number of carboxylic acid groups (broad SMARTS) is 1. The van der Waals surface area contributed by atoms with Gasteiger partial charge in [0.1, 0.15) is 18.1 Å². The topological polar surface area (TPSA) is 257 Å². The number of rotatable bonds is 14. The number of amides is 5. The molecule has 14 heteroatoms. The van der Waals surface area contributed by atoms with Gasteiger partial charge < -0.3 is 43.4 Å². The second-order valence-electron chi connectivity index (χ2n) is 7.63. The van der Waals surface area contributed by atoms with Crippen molar-refractivity contribution >= 4 is 35.5 Å². The van der Waals surface area contributed by atoms with Crippen molar-refractivity contribution in [3.05, 3.63) is 0 Å². The first-order valence-corrected chi connectivity index (χ1v) is 9.81. The minimum atomic E-state index is -1.69. The maximum absolute atomic E-state index is 12.7. The smallest absolute Gasteiger partial charge is 0.326 e.